The first-order chi connectivity index (χ1) is 11.3. The molecule has 1 amide bonds. The molecule has 3 rings (SSSR count). The van der Waals surface area contributed by atoms with Crippen molar-refractivity contribution in [1.82, 2.24) is 4.90 Å². The van der Waals surface area contributed by atoms with E-state index in [4.69, 9.17) is 9.47 Å². The van der Waals surface area contributed by atoms with Crippen LogP contribution in [0.2, 0.25) is 0 Å². The summed E-state index contributed by atoms with van der Waals surface area (Å²) in [7, 11) is 0. The van der Waals surface area contributed by atoms with Gasteiger partial charge < -0.3 is 19.7 Å². The molecule has 1 aromatic carbocycles. The average molecular weight is 336 g/mol. The number of hydrogen-bond donors (Lipinski definition) is 1. The van der Waals surface area contributed by atoms with E-state index in [0.717, 1.165) is 18.7 Å². The van der Waals surface area contributed by atoms with E-state index in [-0.39, 0.29) is 17.5 Å². The maximum absolute atomic E-state index is 13.5. The first kappa shape index (κ1) is 16.9. The van der Waals surface area contributed by atoms with Crippen LogP contribution in [0.5, 0.6) is 5.75 Å². The molecule has 1 spiro atoms. The SMILES string of the molecule is CC(C)(C)OC(=O)N1CCC2(CCNc3ccc(F)cc3O2)CC1. The molecular weight excluding hydrogens is 311 g/mol. The lowest BCUT2D eigenvalue weighted by Crippen LogP contribution is -2.51. The van der Waals surface area contributed by atoms with Crippen molar-refractivity contribution in [2.45, 2.75) is 51.2 Å². The van der Waals surface area contributed by atoms with Crippen LogP contribution in [0.1, 0.15) is 40.0 Å². The van der Waals surface area contributed by atoms with Gasteiger partial charge in [0.1, 0.15) is 22.8 Å². The Balaban J connectivity index is 1.68. The van der Waals surface area contributed by atoms with Crippen molar-refractivity contribution in [2.75, 3.05) is 25.0 Å². The number of anilines is 1. The van der Waals surface area contributed by atoms with Gasteiger partial charge in [0.15, 0.2) is 0 Å². The Morgan fingerprint density at radius 1 is 1.29 bits per heavy atom. The highest BCUT2D eigenvalue weighted by molar-refractivity contribution is 5.68. The number of carbonyl (C=O) groups is 1. The number of rotatable bonds is 0. The molecule has 24 heavy (non-hydrogen) atoms. The Morgan fingerprint density at radius 3 is 2.67 bits per heavy atom. The molecule has 0 bridgehead atoms. The Kier molecular flexibility index (Phi) is 4.32. The minimum absolute atomic E-state index is 0.282. The molecule has 0 radical (unpaired) electrons. The second kappa shape index (κ2) is 6.15. The number of fused-ring (bicyclic) bond motifs is 1. The number of nitrogens with zero attached hydrogens (tertiary/aromatic N) is 1. The highest BCUT2D eigenvalue weighted by Crippen LogP contribution is 2.38. The van der Waals surface area contributed by atoms with E-state index in [9.17, 15) is 9.18 Å². The van der Waals surface area contributed by atoms with Crippen LogP contribution in [0.4, 0.5) is 14.9 Å². The number of nitrogens with one attached hydrogen (secondary N) is 1. The van der Waals surface area contributed by atoms with E-state index in [1.165, 1.54) is 12.1 Å². The number of likely N-dealkylation sites (tertiary alicyclic amines) is 1. The van der Waals surface area contributed by atoms with Crippen LogP contribution in [0, 0.1) is 5.82 Å². The minimum Gasteiger partial charge on any atom is -0.485 e. The van der Waals surface area contributed by atoms with Crippen molar-refractivity contribution >= 4 is 11.8 Å². The van der Waals surface area contributed by atoms with Gasteiger partial charge in [-0.1, -0.05) is 0 Å². The highest BCUT2D eigenvalue weighted by atomic mass is 19.1. The van der Waals surface area contributed by atoms with Gasteiger partial charge in [-0.2, -0.15) is 0 Å². The van der Waals surface area contributed by atoms with Crippen LogP contribution in [0.15, 0.2) is 18.2 Å². The van der Waals surface area contributed by atoms with Crippen molar-refractivity contribution in [1.29, 1.82) is 0 Å². The lowest BCUT2D eigenvalue weighted by Gasteiger charge is -2.41. The second-order valence-corrected chi connectivity index (χ2v) is 7.57. The third-order valence-electron chi connectivity index (χ3n) is 4.49. The molecule has 0 unspecified atom stereocenters. The van der Waals surface area contributed by atoms with Crippen LogP contribution in [0.25, 0.3) is 0 Å². The quantitative estimate of drug-likeness (QED) is 0.783. The molecule has 0 atom stereocenters. The number of benzene rings is 1. The molecule has 0 aromatic heterocycles. The van der Waals surface area contributed by atoms with Crippen LogP contribution < -0.4 is 10.1 Å². The van der Waals surface area contributed by atoms with Gasteiger partial charge in [0, 0.05) is 45.0 Å². The standard InChI is InChI=1S/C18H25FN2O3/c1-17(2,3)24-16(22)21-10-7-18(8-11-21)6-9-20-14-5-4-13(19)12-15(14)23-18/h4-5,12,20H,6-11H2,1-3H3. The van der Waals surface area contributed by atoms with Crippen LogP contribution >= 0.6 is 0 Å². The number of ether oxygens (including phenoxy) is 2. The van der Waals surface area contributed by atoms with Crippen molar-refractivity contribution in [3.63, 3.8) is 0 Å². The molecular formula is C18H25FN2O3. The summed E-state index contributed by atoms with van der Waals surface area (Å²) < 4.78 is 25.2. The number of piperidine rings is 1. The number of carbonyl (C=O) groups excluding carboxylic acids is 1. The van der Waals surface area contributed by atoms with Gasteiger partial charge in [-0.3, -0.25) is 0 Å². The number of amides is 1. The monoisotopic (exact) mass is 336 g/mol. The largest absolute Gasteiger partial charge is 0.485 e. The smallest absolute Gasteiger partial charge is 0.410 e. The van der Waals surface area contributed by atoms with E-state index in [2.05, 4.69) is 5.32 Å². The Morgan fingerprint density at radius 2 is 2.00 bits per heavy atom. The predicted octanol–water partition coefficient (Wildman–Crippen LogP) is 3.79. The fourth-order valence-electron chi connectivity index (χ4n) is 3.21. The van der Waals surface area contributed by atoms with E-state index in [1.54, 1.807) is 11.0 Å². The molecule has 1 saturated heterocycles. The summed E-state index contributed by atoms with van der Waals surface area (Å²) in [6, 6.07) is 4.56. The number of hydrogen-bond acceptors (Lipinski definition) is 4. The molecule has 6 heteroatoms. The normalized spacial score (nSPS) is 19.8. The third kappa shape index (κ3) is 3.74. The van der Waals surface area contributed by atoms with Gasteiger partial charge in [-0.25, -0.2) is 9.18 Å². The zero-order valence-electron chi connectivity index (χ0n) is 14.5. The summed E-state index contributed by atoms with van der Waals surface area (Å²) in [5, 5.41) is 3.29. The lowest BCUT2D eigenvalue weighted by atomic mass is 9.88. The summed E-state index contributed by atoms with van der Waals surface area (Å²) in [6.07, 6.45) is 1.97. The zero-order valence-corrected chi connectivity index (χ0v) is 14.5. The number of halogens is 1. The molecule has 5 nitrogen and oxygen atoms in total. The maximum atomic E-state index is 13.5. The summed E-state index contributed by atoms with van der Waals surface area (Å²) >= 11 is 0. The van der Waals surface area contributed by atoms with Crippen molar-refractivity contribution in [3.8, 4) is 5.75 Å². The lowest BCUT2D eigenvalue weighted by molar-refractivity contribution is -0.0184. The molecule has 2 aliphatic heterocycles. The molecule has 0 aliphatic carbocycles. The van der Waals surface area contributed by atoms with Gasteiger partial charge in [0.05, 0.1) is 5.69 Å². The molecule has 1 aromatic rings. The van der Waals surface area contributed by atoms with Crippen molar-refractivity contribution in [2.24, 2.45) is 0 Å². The molecule has 132 valence electrons. The summed E-state index contributed by atoms with van der Waals surface area (Å²) in [5.74, 6) is 0.247. The second-order valence-electron chi connectivity index (χ2n) is 7.57. The van der Waals surface area contributed by atoms with Gasteiger partial charge >= 0.3 is 6.09 Å². The average Bonchev–Trinajstić information content (AvgIpc) is 2.65. The topological polar surface area (TPSA) is 50.8 Å². The minimum atomic E-state index is -0.495. The molecule has 0 saturated carbocycles. The van der Waals surface area contributed by atoms with E-state index < -0.39 is 5.60 Å². The first-order valence-electron chi connectivity index (χ1n) is 8.47. The van der Waals surface area contributed by atoms with Crippen molar-refractivity contribution < 1.29 is 18.7 Å². The predicted molar refractivity (Wildman–Crippen MR) is 89.9 cm³/mol. The van der Waals surface area contributed by atoms with E-state index in [0.29, 0.717) is 31.7 Å². The highest BCUT2D eigenvalue weighted by Gasteiger charge is 2.40. The summed E-state index contributed by atoms with van der Waals surface area (Å²) in [4.78, 5) is 13.9. The summed E-state index contributed by atoms with van der Waals surface area (Å²) in [5.41, 5.74) is -0.0291. The summed E-state index contributed by atoms with van der Waals surface area (Å²) in [6.45, 7) is 7.52. The van der Waals surface area contributed by atoms with Crippen LogP contribution in [-0.2, 0) is 4.74 Å². The van der Waals surface area contributed by atoms with Gasteiger partial charge in [-0.15, -0.1) is 0 Å². The molecule has 2 aliphatic rings. The fraction of sp³-hybridized carbons (Fsp3) is 0.611. The van der Waals surface area contributed by atoms with Gasteiger partial charge in [0.25, 0.3) is 0 Å². The van der Waals surface area contributed by atoms with E-state index >= 15 is 0 Å². The molecule has 2 heterocycles. The van der Waals surface area contributed by atoms with Crippen molar-refractivity contribution in [3.05, 3.63) is 24.0 Å². The van der Waals surface area contributed by atoms with Gasteiger partial charge in [-0.05, 0) is 32.9 Å². The molecule has 1 N–H and O–H groups in total. The maximum Gasteiger partial charge on any atom is 0.410 e. The van der Waals surface area contributed by atoms with E-state index in [1.807, 2.05) is 20.8 Å². The van der Waals surface area contributed by atoms with Crippen LogP contribution in [-0.4, -0.2) is 41.8 Å². The van der Waals surface area contributed by atoms with Gasteiger partial charge in [0.2, 0.25) is 0 Å². The third-order valence-corrected chi connectivity index (χ3v) is 4.49. The van der Waals surface area contributed by atoms with Crippen LogP contribution in [0.3, 0.4) is 0 Å². The Hall–Kier alpha value is -1.98. The zero-order chi connectivity index (χ0) is 17.4. The Bertz CT molecular complexity index is 619. The first-order valence-corrected chi connectivity index (χ1v) is 8.47. The molecule has 1 fully saturated rings. The fourth-order valence-corrected chi connectivity index (χ4v) is 3.21. The Labute approximate surface area is 142 Å².